The molecular formula is C22H27NO3S. The van der Waals surface area contributed by atoms with Crippen molar-refractivity contribution >= 4 is 10.0 Å². The predicted molar refractivity (Wildman–Crippen MR) is 108 cm³/mol. The summed E-state index contributed by atoms with van der Waals surface area (Å²) in [7, 11) is -3.73. The highest BCUT2D eigenvalue weighted by atomic mass is 32.2. The molecule has 1 fully saturated rings. The van der Waals surface area contributed by atoms with Gasteiger partial charge in [0.1, 0.15) is 0 Å². The normalized spacial score (nSPS) is 23.3. The zero-order chi connectivity index (χ0) is 19.4. The summed E-state index contributed by atoms with van der Waals surface area (Å²) in [6.07, 6.45) is 3.15. The minimum atomic E-state index is -3.73. The van der Waals surface area contributed by atoms with E-state index in [9.17, 15) is 13.5 Å². The molecule has 3 rings (SSSR count). The summed E-state index contributed by atoms with van der Waals surface area (Å²) < 4.78 is 28.4. The average molecular weight is 386 g/mol. The Labute approximate surface area is 162 Å². The molecule has 0 aliphatic heterocycles. The van der Waals surface area contributed by atoms with E-state index in [1.807, 2.05) is 43.3 Å². The first-order chi connectivity index (χ1) is 12.9. The van der Waals surface area contributed by atoms with Crippen molar-refractivity contribution in [1.82, 2.24) is 4.31 Å². The standard InChI is InChI=1S/C22H27NO3S/c1-3-18-11-14-21(22(24)15-18)23(16-19-7-5-4-6-8-19)27(25,26)20-12-9-17(2)10-13-20/h3-10,12-13,18,21-22,24H,1,11,14-16H2,2H3/t18-,21+,22+/m1/s1. The van der Waals surface area contributed by atoms with Crippen LogP contribution >= 0.6 is 0 Å². The van der Waals surface area contributed by atoms with E-state index >= 15 is 0 Å². The third-order valence-electron chi connectivity index (χ3n) is 5.33. The Bertz CT molecular complexity index is 862. The van der Waals surface area contributed by atoms with Crippen molar-refractivity contribution in [3.63, 3.8) is 0 Å². The third-order valence-corrected chi connectivity index (χ3v) is 7.22. The van der Waals surface area contributed by atoms with E-state index in [1.54, 1.807) is 24.3 Å². The number of benzene rings is 2. The number of aliphatic hydroxyl groups is 1. The summed E-state index contributed by atoms with van der Waals surface area (Å²) in [6, 6.07) is 16.0. The zero-order valence-corrected chi connectivity index (χ0v) is 16.5. The van der Waals surface area contributed by atoms with Crippen molar-refractivity contribution in [1.29, 1.82) is 0 Å². The number of hydrogen-bond acceptors (Lipinski definition) is 3. The molecule has 1 N–H and O–H groups in total. The number of aryl methyl sites for hydroxylation is 1. The summed E-state index contributed by atoms with van der Waals surface area (Å²) in [5.74, 6) is 0.233. The van der Waals surface area contributed by atoms with Crippen molar-refractivity contribution < 1.29 is 13.5 Å². The fraction of sp³-hybridized carbons (Fsp3) is 0.364. The Balaban J connectivity index is 1.96. The van der Waals surface area contributed by atoms with Crippen LogP contribution in [0.2, 0.25) is 0 Å². The van der Waals surface area contributed by atoms with E-state index in [2.05, 4.69) is 6.58 Å². The van der Waals surface area contributed by atoms with Gasteiger partial charge in [0, 0.05) is 6.54 Å². The van der Waals surface area contributed by atoms with Crippen LogP contribution in [-0.2, 0) is 16.6 Å². The molecule has 0 bridgehead atoms. The molecule has 5 heteroatoms. The van der Waals surface area contributed by atoms with Crippen LogP contribution in [0.4, 0.5) is 0 Å². The summed E-state index contributed by atoms with van der Waals surface area (Å²) in [5, 5.41) is 10.7. The number of sulfonamides is 1. The van der Waals surface area contributed by atoms with Gasteiger partial charge in [0.15, 0.2) is 0 Å². The van der Waals surface area contributed by atoms with Crippen LogP contribution in [0, 0.1) is 12.8 Å². The molecule has 1 saturated carbocycles. The Morgan fingerprint density at radius 3 is 2.37 bits per heavy atom. The maximum absolute atomic E-state index is 13.4. The van der Waals surface area contributed by atoms with Gasteiger partial charge in [0.25, 0.3) is 0 Å². The monoisotopic (exact) mass is 385 g/mol. The Kier molecular flexibility index (Phi) is 6.15. The van der Waals surface area contributed by atoms with Gasteiger partial charge in [0.05, 0.1) is 17.0 Å². The zero-order valence-electron chi connectivity index (χ0n) is 15.7. The largest absolute Gasteiger partial charge is 0.391 e. The summed E-state index contributed by atoms with van der Waals surface area (Å²) in [4.78, 5) is 0.266. The number of hydrogen-bond donors (Lipinski definition) is 1. The van der Waals surface area contributed by atoms with Crippen LogP contribution in [-0.4, -0.2) is 30.0 Å². The maximum atomic E-state index is 13.4. The first-order valence-corrected chi connectivity index (χ1v) is 10.8. The van der Waals surface area contributed by atoms with Crippen LogP contribution in [0.3, 0.4) is 0 Å². The molecule has 2 aromatic carbocycles. The van der Waals surface area contributed by atoms with Gasteiger partial charge in [-0.3, -0.25) is 0 Å². The lowest BCUT2D eigenvalue weighted by molar-refractivity contribution is 0.0403. The second-order valence-corrected chi connectivity index (χ2v) is 9.18. The fourth-order valence-corrected chi connectivity index (χ4v) is 5.37. The summed E-state index contributed by atoms with van der Waals surface area (Å²) in [5.41, 5.74) is 1.92. The topological polar surface area (TPSA) is 57.6 Å². The Hall–Kier alpha value is -1.95. The molecule has 4 nitrogen and oxygen atoms in total. The van der Waals surface area contributed by atoms with Gasteiger partial charge in [-0.1, -0.05) is 54.1 Å². The predicted octanol–water partition coefficient (Wildman–Crippen LogP) is 3.90. The smallest absolute Gasteiger partial charge is 0.243 e. The molecule has 0 heterocycles. The van der Waals surface area contributed by atoms with E-state index < -0.39 is 22.2 Å². The minimum Gasteiger partial charge on any atom is -0.391 e. The van der Waals surface area contributed by atoms with E-state index in [0.29, 0.717) is 12.8 Å². The molecule has 3 atom stereocenters. The Morgan fingerprint density at radius 1 is 1.11 bits per heavy atom. The molecule has 27 heavy (non-hydrogen) atoms. The molecule has 0 unspecified atom stereocenters. The number of allylic oxidation sites excluding steroid dienone is 1. The highest BCUT2D eigenvalue weighted by molar-refractivity contribution is 7.89. The molecule has 1 aliphatic rings. The summed E-state index contributed by atoms with van der Waals surface area (Å²) >= 11 is 0. The van der Waals surface area contributed by atoms with Gasteiger partial charge in [0.2, 0.25) is 10.0 Å². The number of aliphatic hydroxyl groups excluding tert-OH is 1. The molecule has 144 valence electrons. The van der Waals surface area contributed by atoms with Gasteiger partial charge < -0.3 is 5.11 Å². The van der Waals surface area contributed by atoms with E-state index in [1.165, 1.54) is 4.31 Å². The first-order valence-electron chi connectivity index (χ1n) is 9.35. The van der Waals surface area contributed by atoms with Crippen molar-refractivity contribution in [3.8, 4) is 0 Å². The van der Waals surface area contributed by atoms with Gasteiger partial charge in [-0.15, -0.1) is 6.58 Å². The maximum Gasteiger partial charge on any atom is 0.243 e. The number of rotatable bonds is 6. The van der Waals surface area contributed by atoms with Crippen LogP contribution < -0.4 is 0 Å². The quantitative estimate of drug-likeness (QED) is 0.767. The highest BCUT2D eigenvalue weighted by Crippen LogP contribution is 2.33. The third kappa shape index (κ3) is 4.49. The van der Waals surface area contributed by atoms with E-state index in [0.717, 1.165) is 17.5 Å². The van der Waals surface area contributed by atoms with Crippen molar-refractivity contribution in [2.45, 2.75) is 49.8 Å². The highest BCUT2D eigenvalue weighted by Gasteiger charge is 2.38. The SMILES string of the molecule is C=C[C@@H]1CC[C@H](N(Cc2ccccc2)S(=O)(=O)c2ccc(C)cc2)[C@@H](O)C1. The van der Waals surface area contributed by atoms with Gasteiger partial charge in [-0.05, 0) is 49.8 Å². The van der Waals surface area contributed by atoms with Crippen LogP contribution in [0.1, 0.15) is 30.4 Å². The molecule has 0 saturated heterocycles. The molecule has 0 radical (unpaired) electrons. The van der Waals surface area contributed by atoms with Crippen molar-refractivity contribution in [3.05, 3.63) is 78.4 Å². The van der Waals surface area contributed by atoms with Gasteiger partial charge in [-0.2, -0.15) is 4.31 Å². The van der Waals surface area contributed by atoms with Gasteiger partial charge in [-0.25, -0.2) is 8.42 Å². The molecule has 2 aromatic rings. The average Bonchev–Trinajstić information content (AvgIpc) is 2.67. The molecule has 0 amide bonds. The van der Waals surface area contributed by atoms with Crippen LogP contribution in [0.15, 0.2) is 72.1 Å². The fourth-order valence-electron chi connectivity index (χ4n) is 3.70. The lowest BCUT2D eigenvalue weighted by atomic mass is 9.84. The van der Waals surface area contributed by atoms with Crippen LogP contribution in [0.5, 0.6) is 0 Å². The molecular weight excluding hydrogens is 358 g/mol. The molecule has 0 aromatic heterocycles. The first kappa shape index (κ1) is 19.8. The number of nitrogens with zero attached hydrogens (tertiary/aromatic N) is 1. The Morgan fingerprint density at radius 2 is 1.78 bits per heavy atom. The van der Waals surface area contributed by atoms with Crippen molar-refractivity contribution in [2.75, 3.05) is 0 Å². The van der Waals surface area contributed by atoms with Gasteiger partial charge >= 0.3 is 0 Å². The lowest BCUT2D eigenvalue weighted by Gasteiger charge is -2.39. The lowest BCUT2D eigenvalue weighted by Crippen LogP contribution is -2.49. The second-order valence-electron chi connectivity index (χ2n) is 7.29. The second kappa shape index (κ2) is 8.38. The molecule has 1 aliphatic carbocycles. The minimum absolute atomic E-state index is 0.233. The van der Waals surface area contributed by atoms with E-state index in [4.69, 9.17) is 0 Å². The van der Waals surface area contributed by atoms with Crippen LogP contribution in [0.25, 0.3) is 0 Å². The van der Waals surface area contributed by atoms with E-state index in [-0.39, 0.29) is 17.4 Å². The van der Waals surface area contributed by atoms with Crippen molar-refractivity contribution in [2.24, 2.45) is 5.92 Å². The molecule has 0 spiro atoms. The summed E-state index contributed by atoms with van der Waals surface area (Å²) in [6.45, 7) is 5.99.